The van der Waals surface area contributed by atoms with Crippen LogP contribution in [0.4, 0.5) is 0 Å². The molecule has 2 N–H and O–H groups in total. The first kappa shape index (κ1) is 30.2. The van der Waals surface area contributed by atoms with Crippen LogP contribution in [0.15, 0.2) is 125 Å². The Morgan fingerprint density at radius 2 is 1.36 bits per heavy atom. The second-order valence-electron chi connectivity index (χ2n) is 9.31. The lowest BCUT2D eigenvalue weighted by atomic mass is 10.1. The molecule has 2 amide bonds. The fraction of sp³-hybridized carbons (Fsp3) is 0.156. The first-order valence-electron chi connectivity index (χ1n) is 13.3. The largest absolute Gasteiger partial charge is 0.484 e. The van der Waals surface area contributed by atoms with Crippen molar-refractivity contribution in [2.24, 2.45) is 5.10 Å². The SMILES string of the molecule is O=C(COc1ccc(/C=N\NC(=O)CN(Cc2ccccc2)S(=O)(=O)c2ccccc2)cc1)NCCc1ccccc1. The van der Waals surface area contributed by atoms with Crippen LogP contribution in [0.2, 0.25) is 0 Å². The van der Waals surface area contributed by atoms with Gasteiger partial charge in [0.2, 0.25) is 10.0 Å². The molecule has 0 fully saturated rings. The molecule has 0 aliphatic rings. The summed E-state index contributed by atoms with van der Waals surface area (Å²) in [6, 6.07) is 33.8. The Labute approximate surface area is 245 Å². The van der Waals surface area contributed by atoms with Crippen molar-refractivity contribution in [3.8, 4) is 5.75 Å². The zero-order valence-corrected chi connectivity index (χ0v) is 23.7. The van der Waals surface area contributed by atoms with Crippen LogP contribution < -0.4 is 15.5 Å². The number of carbonyl (C=O) groups is 2. The molecule has 42 heavy (non-hydrogen) atoms. The molecule has 4 rings (SSSR count). The number of hydrogen-bond donors (Lipinski definition) is 2. The normalized spacial score (nSPS) is 11.4. The molecular weight excluding hydrogens is 552 g/mol. The zero-order valence-electron chi connectivity index (χ0n) is 22.9. The number of hydrogen-bond acceptors (Lipinski definition) is 6. The Morgan fingerprint density at radius 3 is 2.00 bits per heavy atom. The van der Waals surface area contributed by atoms with Crippen LogP contribution in [0.3, 0.4) is 0 Å². The number of nitrogens with zero attached hydrogens (tertiary/aromatic N) is 2. The predicted molar refractivity (Wildman–Crippen MR) is 161 cm³/mol. The maximum Gasteiger partial charge on any atom is 0.257 e. The van der Waals surface area contributed by atoms with Crippen molar-refractivity contribution in [3.05, 3.63) is 132 Å². The Balaban J connectivity index is 1.26. The molecule has 4 aromatic carbocycles. The summed E-state index contributed by atoms with van der Waals surface area (Å²) in [5, 5.41) is 6.80. The van der Waals surface area contributed by atoms with Crippen LogP contribution in [-0.4, -0.2) is 50.4 Å². The summed E-state index contributed by atoms with van der Waals surface area (Å²) >= 11 is 0. The molecule has 10 heteroatoms. The van der Waals surface area contributed by atoms with Gasteiger partial charge in [-0.25, -0.2) is 13.8 Å². The van der Waals surface area contributed by atoms with Crippen molar-refractivity contribution < 1.29 is 22.7 Å². The molecule has 0 aliphatic carbocycles. The van der Waals surface area contributed by atoms with Gasteiger partial charge < -0.3 is 10.1 Å². The fourth-order valence-corrected chi connectivity index (χ4v) is 5.38. The van der Waals surface area contributed by atoms with E-state index in [1.54, 1.807) is 54.6 Å². The minimum Gasteiger partial charge on any atom is -0.484 e. The number of ether oxygens (including phenoxy) is 1. The number of rotatable bonds is 14. The van der Waals surface area contributed by atoms with Gasteiger partial charge in [0, 0.05) is 13.1 Å². The van der Waals surface area contributed by atoms with Gasteiger partial charge >= 0.3 is 0 Å². The van der Waals surface area contributed by atoms with E-state index in [4.69, 9.17) is 4.74 Å². The number of carbonyl (C=O) groups excluding carboxylic acids is 2. The quantitative estimate of drug-likeness (QED) is 0.173. The van der Waals surface area contributed by atoms with E-state index in [2.05, 4.69) is 15.8 Å². The van der Waals surface area contributed by atoms with Gasteiger partial charge in [-0.1, -0.05) is 78.9 Å². The summed E-state index contributed by atoms with van der Waals surface area (Å²) in [4.78, 5) is 24.8. The van der Waals surface area contributed by atoms with Gasteiger partial charge in [0.1, 0.15) is 5.75 Å². The standard InChI is InChI=1S/C32H32N4O5S/c37-31(24-36(23-28-12-6-2-7-13-28)42(39,40)30-14-8-3-9-15-30)35-34-22-27-16-18-29(19-17-27)41-25-32(38)33-21-20-26-10-4-1-5-11-26/h1-19,22H,20-21,23-25H2,(H,33,38)(H,35,37)/b34-22-. The van der Waals surface area contributed by atoms with E-state index in [0.29, 0.717) is 17.9 Å². The Hall–Kier alpha value is -4.80. The van der Waals surface area contributed by atoms with Crippen LogP contribution >= 0.6 is 0 Å². The van der Waals surface area contributed by atoms with Crippen molar-refractivity contribution in [3.63, 3.8) is 0 Å². The lowest BCUT2D eigenvalue weighted by Crippen LogP contribution is -2.39. The van der Waals surface area contributed by atoms with Gasteiger partial charge in [-0.2, -0.15) is 9.41 Å². The molecule has 4 aromatic rings. The minimum absolute atomic E-state index is 0.0295. The van der Waals surface area contributed by atoms with Gasteiger partial charge in [-0.05, 0) is 59.5 Å². The van der Waals surface area contributed by atoms with E-state index in [9.17, 15) is 18.0 Å². The molecule has 0 saturated heterocycles. The van der Waals surface area contributed by atoms with Gasteiger partial charge in [-0.15, -0.1) is 0 Å². The molecule has 9 nitrogen and oxygen atoms in total. The Kier molecular flexibility index (Phi) is 11.0. The van der Waals surface area contributed by atoms with E-state index < -0.39 is 22.5 Å². The van der Waals surface area contributed by atoms with Crippen molar-refractivity contribution in [2.75, 3.05) is 19.7 Å². The maximum absolute atomic E-state index is 13.3. The molecule has 0 unspecified atom stereocenters. The average molecular weight is 585 g/mol. The highest BCUT2D eigenvalue weighted by atomic mass is 32.2. The maximum atomic E-state index is 13.3. The first-order chi connectivity index (χ1) is 20.4. The molecule has 0 aromatic heterocycles. The van der Waals surface area contributed by atoms with E-state index in [1.807, 2.05) is 48.5 Å². The smallest absolute Gasteiger partial charge is 0.257 e. The van der Waals surface area contributed by atoms with Crippen LogP contribution in [0.5, 0.6) is 5.75 Å². The Bertz CT molecular complexity index is 1560. The zero-order chi connectivity index (χ0) is 29.6. The lowest BCUT2D eigenvalue weighted by molar-refractivity contribution is -0.123. The highest BCUT2D eigenvalue weighted by Crippen LogP contribution is 2.18. The first-order valence-corrected chi connectivity index (χ1v) is 14.8. The third-order valence-electron chi connectivity index (χ3n) is 6.13. The topological polar surface area (TPSA) is 117 Å². The van der Waals surface area contributed by atoms with E-state index >= 15 is 0 Å². The average Bonchev–Trinajstić information content (AvgIpc) is 3.02. The summed E-state index contributed by atoms with van der Waals surface area (Å²) in [7, 11) is -3.93. The molecule has 0 atom stereocenters. The van der Waals surface area contributed by atoms with Crippen LogP contribution in [0.25, 0.3) is 0 Å². The number of sulfonamides is 1. The lowest BCUT2D eigenvalue weighted by Gasteiger charge is -2.21. The predicted octanol–water partition coefficient (Wildman–Crippen LogP) is 3.77. The third kappa shape index (κ3) is 9.39. The molecular formula is C32H32N4O5S. The van der Waals surface area contributed by atoms with Crippen molar-refractivity contribution in [2.45, 2.75) is 17.9 Å². The number of amides is 2. The summed E-state index contributed by atoms with van der Waals surface area (Å²) in [6.45, 7) is 0.0323. The Morgan fingerprint density at radius 1 is 0.762 bits per heavy atom. The minimum atomic E-state index is -3.93. The number of hydrazone groups is 1. The number of benzene rings is 4. The number of nitrogens with one attached hydrogen (secondary N) is 2. The molecule has 0 heterocycles. The highest BCUT2D eigenvalue weighted by molar-refractivity contribution is 7.89. The second-order valence-corrected chi connectivity index (χ2v) is 11.2. The van der Waals surface area contributed by atoms with Gasteiger partial charge in [0.15, 0.2) is 6.61 Å². The van der Waals surface area contributed by atoms with E-state index in [-0.39, 0.29) is 24.0 Å². The van der Waals surface area contributed by atoms with Gasteiger partial charge in [0.25, 0.3) is 11.8 Å². The van der Waals surface area contributed by atoms with Crippen molar-refractivity contribution >= 4 is 28.1 Å². The summed E-state index contributed by atoms with van der Waals surface area (Å²) in [6.07, 6.45) is 2.18. The molecule has 216 valence electrons. The molecule has 0 radical (unpaired) electrons. The summed E-state index contributed by atoms with van der Waals surface area (Å²) in [5.74, 6) is -0.285. The van der Waals surface area contributed by atoms with Gasteiger partial charge in [-0.3, -0.25) is 9.59 Å². The summed E-state index contributed by atoms with van der Waals surface area (Å²) in [5.41, 5.74) is 4.97. The van der Waals surface area contributed by atoms with Crippen LogP contribution in [0.1, 0.15) is 16.7 Å². The van der Waals surface area contributed by atoms with Gasteiger partial charge in [0.05, 0.1) is 17.7 Å². The molecule has 0 spiro atoms. The van der Waals surface area contributed by atoms with Crippen molar-refractivity contribution in [1.82, 2.24) is 15.0 Å². The highest BCUT2D eigenvalue weighted by Gasteiger charge is 2.26. The second kappa shape index (κ2) is 15.3. The monoisotopic (exact) mass is 584 g/mol. The molecule has 0 saturated carbocycles. The van der Waals surface area contributed by atoms with E-state index in [0.717, 1.165) is 21.9 Å². The molecule has 0 aliphatic heterocycles. The molecule has 0 bridgehead atoms. The fourth-order valence-electron chi connectivity index (χ4n) is 3.97. The van der Waals surface area contributed by atoms with Crippen LogP contribution in [0, 0.1) is 0 Å². The van der Waals surface area contributed by atoms with Crippen molar-refractivity contribution in [1.29, 1.82) is 0 Å². The van der Waals surface area contributed by atoms with Crippen LogP contribution in [-0.2, 0) is 32.6 Å². The van der Waals surface area contributed by atoms with E-state index in [1.165, 1.54) is 18.3 Å². The summed E-state index contributed by atoms with van der Waals surface area (Å²) < 4.78 is 33.2. The third-order valence-corrected chi connectivity index (χ3v) is 7.94.